The first-order valence-electron chi connectivity index (χ1n) is 12.5. The molecule has 2 aromatic rings. The number of amides is 1. The van der Waals surface area contributed by atoms with E-state index in [0.29, 0.717) is 24.9 Å². The predicted octanol–water partition coefficient (Wildman–Crippen LogP) is 7.56. The van der Waals surface area contributed by atoms with Crippen molar-refractivity contribution in [3.05, 3.63) is 42.1 Å². The number of alkyl halides is 3. The molecule has 0 N–H and O–H groups in total. The Bertz CT molecular complexity index is 992. The van der Waals surface area contributed by atoms with Gasteiger partial charge in [-0.3, -0.25) is 14.4 Å². The zero-order valence-electron chi connectivity index (χ0n) is 21.5. The third-order valence-electron chi connectivity index (χ3n) is 7.37. The Balaban J connectivity index is 1.79. The Kier molecular flexibility index (Phi) is 8.52. The van der Waals surface area contributed by atoms with E-state index in [1.54, 1.807) is 16.9 Å². The Morgan fingerprint density at radius 3 is 2.49 bits per heavy atom. The summed E-state index contributed by atoms with van der Waals surface area (Å²) in [6.45, 7) is 11.9. The van der Waals surface area contributed by atoms with E-state index in [4.69, 9.17) is 4.43 Å². The van der Waals surface area contributed by atoms with Crippen LogP contribution in [0.1, 0.15) is 64.9 Å². The summed E-state index contributed by atoms with van der Waals surface area (Å²) >= 11 is 0. The Morgan fingerprint density at radius 1 is 1.17 bits per heavy atom. The summed E-state index contributed by atoms with van der Waals surface area (Å²) in [6, 6.07) is 6.58. The van der Waals surface area contributed by atoms with Gasteiger partial charge in [0.15, 0.2) is 14.1 Å². The molecule has 0 spiro atoms. The van der Waals surface area contributed by atoms with E-state index in [9.17, 15) is 18.0 Å². The van der Waals surface area contributed by atoms with Crippen LogP contribution in [0.4, 0.5) is 24.7 Å². The summed E-state index contributed by atoms with van der Waals surface area (Å²) < 4.78 is 48.0. The summed E-state index contributed by atoms with van der Waals surface area (Å²) in [5, 5.41) is 4.63. The van der Waals surface area contributed by atoms with Crippen molar-refractivity contribution in [2.45, 2.75) is 90.1 Å². The lowest BCUT2D eigenvalue weighted by Crippen LogP contribution is -2.41. The summed E-state index contributed by atoms with van der Waals surface area (Å²) in [5.41, 5.74) is -0.607. The molecule has 0 saturated heterocycles. The van der Waals surface area contributed by atoms with Crippen molar-refractivity contribution in [1.82, 2.24) is 9.78 Å². The fourth-order valence-electron chi connectivity index (χ4n) is 4.17. The fourth-order valence-corrected chi connectivity index (χ4v) is 5.20. The second-order valence-corrected chi connectivity index (χ2v) is 15.8. The van der Waals surface area contributed by atoms with Crippen molar-refractivity contribution in [1.29, 1.82) is 0 Å². The zero-order valence-corrected chi connectivity index (χ0v) is 22.5. The number of nitrogens with zero attached hydrogens (tertiary/aromatic N) is 3. The molecule has 0 unspecified atom stereocenters. The molecule has 1 fully saturated rings. The highest BCUT2D eigenvalue weighted by Crippen LogP contribution is 2.37. The first-order chi connectivity index (χ1) is 16.3. The second kappa shape index (κ2) is 10.9. The van der Waals surface area contributed by atoms with Gasteiger partial charge in [0.2, 0.25) is 5.91 Å². The van der Waals surface area contributed by atoms with Gasteiger partial charge in [0.1, 0.15) is 0 Å². The molecule has 1 aromatic carbocycles. The standard InChI is InChI=1S/C26H38F3N3O2Si/c1-25(2,3)35(4,5)34-18-17-31-16-15-23(30-31)32(24(33)14-13-20-9-6-7-10-20)22-12-8-11-21(19-22)26(27,28)29/h8,11-12,15-16,19-20H,6-7,9-10,13-14,17-18H2,1-5H3. The Labute approximate surface area is 207 Å². The molecule has 1 aliphatic carbocycles. The van der Waals surface area contributed by atoms with Crippen LogP contribution in [0, 0.1) is 5.92 Å². The highest BCUT2D eigenvalue weighted by Gasteiger charge is 2.37. The number of rotatable bonds is 9. The highest BCUT2D eigenvalue weighted by molar-refractivity contribution is 6.74. The van der Waals surface area contributed by atoms with Crippen LogP contribution in [-0.4, -0.2) is 30.6 Å². The summed E-state index contributed by atoms with van der Waals surface area (Å²) in [4.78, 5) is 14.6. The van der Waals surface area contributed by atoms with E-state index in [1.807, 2.05) is 0 Å². The molecule has 0 bridgehead atoms. The molecule has 194 valence electrons. The topological polar surface area (TPSA) is 47.4 Å². The Hall–Kier alpha value is -2.13. The molecule has 0 radical (unpaired) electrons. The zero-order chi connectivity index (χ0) is 25.9. The van der Waals surface area contributed by atoms with E-state index >= 15 is 0 Å². The summed E-state index contributed by atoms with van der Waals surface area (Å²) in [6.07, 6.45) is 2.86. The minimum Gasteiger partial charge on any atom is -0.415 e. The molecule has 35 heavy (non-hydrogen) atoms. The van der Waals surface area contributed by atoms with Crippen LogP contribution in [0.3, 0.4) is 0 Å². The third-order valence-corrected chi connectivity index (χ3v) is 11.9. The van der Waals surface area contributed by atoms with E-state index in [1.165, 1.54) is 29.9 Å². The largest absolute Gasteiger partial charge is 0.416 e. The molecular weight excluding hydrogens is 471 g/mol. The van der Waals surface area contributed by atoms with E-state index < -0.39 is 20.1 Å². The number of hydrogen-bond donors (Lipinski definition) is 0. The predicted molar refractivity (Wildman–Crippen MR) is 135 cm³/mol. The normalized spacial score (nSPS) is 15.5. The maximum atomic E-state index is 13.4. The van der Waals surface area contributed by atoms with Crippen molar-refractivity contribution in [2.24, 2.45) is 5.92 Å². The van der Waals surface area contributed by atoms with Gasteiger partial charge in [0.05, 0.1) is 24.4 Å². The smallest absolute Gasteiger partial charge is 0.415 e. The van der Waals surface area contributed by atoms with Gasteiger partial charge in [-0.1, -0.05) is 52.5 Å². The molecule has 9 heteroatoms. The number of carbonyl (C=O) groups excluding carboxylic acids is 1. The lowest BCUT2D eigenvalue weighted by atomic mass is 10.0. The fraction of sp³-hybridized carbons (Fsp3) is 0.615. The van der Waals surface area contributed by atoms with Crippen LogP contribution in [0.2, 0.25) is 18.1 Å². The van der Waals surface area contributed by atoms with Gasteiger partial charge < -0.3 is 4.43 Å². The molecule has 0 atom stereocenters. The summed E-state index contributed by atoms with van der Waals surface area (Å²) in [7, 11) is -1.90. The molecule has 1 heterocycles. The second-order valence-electron chi connectivity index (χ2n) is 11.0. The maximum absolute atomic E-state index is 13.4. The van der Waals surface area contributed by atoms with Gasteiger partial charge in [0.25, 0.3) is 0 Å². The van der Waals surface area contributed by atoms with Crippen molar-refractivity contribution >= 4 is 25.7 Å². The van der Waals surface area contributed by atoms with Crippen LogP contribution < -0.4 is 4.90 Å². The molecule has 1 saturated carbocycles. The SMILES string of the molecule is CC(C)(C)[Si](C)(C)OCCn1ccc(N(C(=O)CCC2CCCC2)c2cccc(C(F)(F)F)c2)n1. The van der Waals surface area contributed by atoms with Crippen LogP contribution in [0.25, 0.3) is 0 Å². The number of benzene rings is 1. The van der Waals surface area contributed by atoms with Crippen LogP contribution >= 0.6 is 0 Å². The molecule has 1 amide bonds. The first kappa shape index (κ1) is 27.5. The number of anilines is 2. The molecule has 1 aromatic heterocycles. The third kappa shape index (κ3) is 7.19. The van der Waals surface area contributed by atoms with Crippen molar-refractivity contribution in [2.75, 3.05) is 11.5 Å². The maximum Gasteiger partial charge on any atom is 0.416 e. The van der Waals surface area contributed by atoms with Gasteiger partial charge in [-0.2, -0.15) is 18.3 Å². The number of carbonyl (C=O) groups is 1. The molecule has 3 rings (SSSR count). The number of hydrogen-bond acceptors (Lipinski definition) is 3. The first-order valence-corrected chi connectivity index (χ1v) is 15.4. The molecular formula is C26H38F3N3O2Si. The highest BCUT2D eigenvalue weighted by atomic mass is 28.4. The quantitative estimate of drug-likeness (QED) is 0.328. The average Bonchev–Trinajstić information content (AvgIpc) is 3.44. The van der Waals surface area contributed by atoms with Crippen LogP contribution in [0.5, 0.6) is 0 Å². The van der Waals surface area contributed by atoms with Gasteiger partial charge in [0, 0.05) is 18.7 Å². The van der Waals surface area contributed by atoms with Crippen LogP contribution in [-0.2, 0) is 21.9 Å². The minimum atomic E-state index is -4.49. The van der Waals surface area contributed by atoms with Crippen molar-refractivity contribution < 1.29 is 22.4 Å². The van der Waals surface area contributed by atoms with Gasteiger partial charge in [-0.05, 0) is 48.7 Å². The monoisotopic (exact) mass is 509 g/mol. The van der Waals surface area contributed by atoms with Crippen LogP contribution in [0.15, 0.2) is 36.5 Å². The average molecular weight is 510 g/mol. The van der Waals surface area contributed by atoms with E-state index in [0.717, 1.165) is 31.4 Å². The van der Waals surface area contributed by atoms with Gasteiger partial charge in [-0.25, -0.2) is 0 Å². The molecule has 0 aliphatic heterocycles. The number of aromatic nitrogens is 2. The minimum absolute atomic E-state index is 0.0916. The van der Waals surface area contributed by atoms with Gasteiger partial charge in [-0.15, -0.1) is 0 Å². The van der Waals surface area contributed by atoms with Crippen molar-refractivity contribution in [3.63, 3.8) is 0 Å². The van der Waals surface area contributed by atoms with Crippen molar-refractivity contribution in [3.8, 4) is 0 Å². The molecule has 1 aliphatic rings. The lowest BCUT2D eigenvalue weighted by Gasteiger charge is -2.36. The van der Waals surface area contributed by atoms with E-state index in [-0.39, 0.29) is 23.1 Å². The summed E-state index contributed by atoms with van der Waals surface area (Å²) in [5.74, 6) is 0.597. The lowest BCUT2D eigenvalue weighted by molar-refractivity contribution is -0.137. The van der Waals surface area contributed by atoms with E-state index in [2.05, 4.69) is 39.0 Å². The Morgan fingerprint density at radius 2 is 1.86 bits per heavy atom. The number of halogens is 3. The molecule has 5 nitrogen and oxygen atoms in total. The van der Waals surface area contributed by atoms with Gasteiger partial charge >= 0.3 is 6.18 Å².